The van der Waals surface area contributed by atoms with E-state index in [0.29, 0.717) is 5.92 Å². The van der Waals surface area contributed by atoms with Crippen molar-refractivity contribution < 1.29 is 5.11 Å². The van der Waals surface area contributed by atoms with Crippen LogP contribution in [0.25, 0.3) is 0 Å². The van der Waals surface area contributed by atoms with Crippen LogP contribution in [0.1, 0.15) is 0 Å². The molecule has 4 aliphatic rings. The molecule has 3 fully saturated rings. The number of hydrogen-bond donors (Lipinski definition) is 1. The fourth-order valence-electron chi connectivity index (χ4n) is 3.99. The van der Waals surface area contributed by atoms with Gasteiger partial charge >= 0.3 is 0 Å². The summed E-state index contributed by atoms with van der Waals surface area (Å²) in [5, 5.41) is 9.68. The Labute approximate surface area is 59.7 Å². The Morgan fingerprint density at radius 2 is 1.60 bits per heavy atom. The third-order valence-corrected chi connectivity index (χ3v) is 4.31. The molecule has 0 aliphatic heterocycles. The van der Waals surface area contributed by atoms with Crippen molar-refractivity contribution >= 4 is 0 Å². The molecule has 0 amide bonds. The van der Waals surface area contributed by atoms with E-state index in [1.807, 2.05) is 0 Å². The van der Waals surface area contributed by atoms with Gasteiger partial charge in [0.25, 0.3) is 0 Å². The molecule has 7 atom stereocenters. The summed E-state index contributed by atoms with van der Waals surface area (Å²) in [6.07, 6.45) is 4.67. The summed E-state index contributed by atoms with van der Waals surface area (Å²) in [6, 6.07) is 0. The van der Waals surface area contributed by atoms with Gasteiger partial charge in [-0.1, -0.05) is 12.2 Å². The van der Waals surface area contributed by atoms with Crippen LogP contribution in [0.3, 0.4) is 0 Å². The van der Waals surface area contributed by atoms with Crippen molar-refractivity contribution in [2.45, 2.75) is 6.10 Å². The number of allylic oxidation sites excluding steroid dienone is 1. The third kappa shape index (κ3) is 0.231. The minimum atomic E-state index is 0.0509. The second kappa shape index (κ2) is 1.00. The van der Waals surface area contributed by atoms with E-state index in [4.69, 9.17) is 0 Å². The molecule has 0 bridgehead atoms. The lowest BCUT2D eigenvalue weighted by molar-refractivity contribution is 0.0492. The predicted octanol–water partition coefficient (Wildman–Crippen LogP) is 0.655. The van der Waals surface area contributed by atoms with Gasteiger partial charge in [-0.3, -0.25) is 0 Å². The molecule has 0 heterocycles. The highest BCUT2D eigenvalue weighted by atomic mass is 16.3. The number of aliphatic hydroxyl groups excluding tert-OH is 1. The number of fused-ring (bicyclic) bond motifs is 2. The van der Waals surface area contributed by atoms with E-state index in [1.165, 1.54) is 0 Å². The maximum atomic E-state index is 9.68. The Hall–Kier alpha value is -0.300. The molecule has 4 aliphatic carbocycles. The molecule has 10 heavy (non-hydrogen) atoms. The van der Waals surface area contributed by atoms with Crippen molar-refractivity contribution in [1.82, 2.24) is 0 Å². The number of aliphatic hydroxyl groups is 1. The summed E-state index contributed by atoms with van der Waals surface area (Å²) >= 11 is 0. The average molecular weight is 134 g/mol. The zero-order chi connectivity index (χ0) is 6.46. The molecular weight excluding hydrogens is 124 g/mol. The van der Waals surface area contributed by atoms with Crippen LogP contribution in [0, 0.1) is 35.5 Å². The van der Waals surface area contributed by atoms with Gasteiger partial charge in [0.1, 0.15) is 0 Å². The Kier molecular flexibility index (Phi) is 0.456. The van der Waals surface area contributed by atoms with Crippen molar-refractivity contribution in [3.8, 4) is 0 Å². The molecule has 1 nitrogen and oxygen atoms in total. The van der Waals surface area contributed by atoms with Crippen LogP contribution in [-0.2, 0) is 0 Å². The number of rotatable bonds is 0. The maximum absolute atomic E-state index is 9.68. The van der Waals surface area contributed by atoms with Crippen molar-refractivity contribution in [3.63, 3.8) is 0 Å². The molecule has 1 heteroatoms. The summed E-state index contributed by atoms with van der Waals surface area (Å²) in [5.74, 6) is 4.99. The van der Waals surface area contributed by atoms with Crippen LogP contribution < -0.4 is 0 Å². The molecule has 0 aromatic carbocycles. The maximum Gasteiger partial charge on any atom is 0.0639 e. The highest BCUT2D eigenvalue weighted by molar-refractivity contribution is 5.35. The minimum absolute atomic E-state index is 0.0509. The van der Waals surface area contributed by atoms with Crippen LogP contribution in [-0.4, -0.2) is 11.2 Å². The van der Waals surface area contributed by atoms with Crippen LogP contribution >= 0.6 is 0 Å². The zero-order valence-electron chi connectivity index (χ0n) is 5.64. The van der Waals surface area contributed by atoms with E-state index in [1.54, 1.807) is 0 Å². The summed E-state index contributed by atoms with van der Waals surface area (Å²) in [6.45, 7) is 0. The zero-order valence-corrected chi connectivity index (χ0v) is 5.64. The fourth-order valence-corrected chi connectivity index (χ4v) is 3.99. The van der Waals surface area contributed by atoms with Gasteiger partial charge in [0, 0.05) is 5.92 Å². The Morgan fingerprint density at radius 1 is 0.800 bits per heavy atom. The SMILES string of the molecule is OC1C2C=CC3C2C2C1C32. The Balaban J connectivity index is 1.95. The molecular formula is C9H10O. The second-order valence-corrected chi connectivity index (χ2v) is 4.34. The van der Waals surface area contributed by atoms with E-state index in [0.717, 1.165) is 29.6 Å². The lowest BCUT2D eigenvalue weighted by atomic mass is 9.70. The number of hydrogen-bond acceptors (Lipinski definition) is 1. The molecule has 0 radical (unpaired) electrons. The molecule has 0 saturated heterocycles. The fraction of sp³-hybridized carbons (Fsp3) is 0.778. The molecule has 52 valence electrons. The van der Waals surface area contributed by atoms with Gasteiger partial charge in [0.15, 0.2) is 0 Å². The molecule has 3 saturated carbocycles. The van der Waals surface area contributed by atoms with Gasteiger partial charge in [-0.05, 0) is 29.6 Å². The predicted molar refractivity (Wildman–Crippen MR) is 36.1 cm³/mol. The van der Waals surface area contributed by atoms with Gasteiger partial charge < -0.3 is 5.11 Å². The van der Waals surface area contributed by atoms with E-state index >= 15 is 0 Å². The van der Waals surface area contributed by atoms with Crippen LogP contribution in [0.4, 0.5) is 0 Å². The average Bonchev–Trinajstić information content (AvgIpc) is 2.36. The van der Waals surface area contributed by atoms with Gasteiger partial charge in [0.2, 0.25) is 0 Å². The van der Waals surface area contributed by atoms with Gasteiger partial charge in [-0.2, -0.15) is 0 Å². The molecule has 0 spiro atoms. The lowest BCUT2D eigenvalue weighted by Gasteiger charge is -2.35. The van der Waals surface area contributed by atoms with Crippen molar-refractivity contribution in [2.24, 2.45) is 35.5 Å². The molecule has 4 rings (SSSR count). The lowest BCUT2D eigenvalue weighted by Crippen LogP contribution is -2.35. The van der Waals surface area contributed by atoms with E-state index in [9.17, 15) is 5.11 Å². The standard InChI is InChI=1S/C9H10O/c10-9-4-2-1-3-5(4)7-6(3)8(7)9/h1-10H. The molecule has 0 aromatic heterocycles. The van der Waals surface area contributed by atoms with Crippen LogP contribution in [0.15, 0.2) is 12.2 Å². The molecule has 1 N–H and O–H groups in total. The van der Waals surface area contributed by atoms with E-state index < -0.39 is 0 Å². The van der Waals surface area contributed by atoms with Crippen LogP contribution in [0.5, 0.6) is 0 Å². The van der Waals surface area contributed by atoms with Crippen LogP contribution in [0.2, 0.25) is 0 Å². The highest BCUT2D eigenvalue weighted by Crippen LogP contribution is 2.79. The smallest absolute Gasteiger partial charge is 0.0639 e. The molecule has 7 unspecified atom stereocenters. The first kappa shape index (κ1) is 4.55. The van der Waals surface area contributed by atoms with Gasteiger partial charge in [0.05, 0.1) is 6.10 Å². The normalized spacial score (nSPS) is 79.1. The molecule has 0 aromatic rings. The monoisotopic (exact) mass is 134 g/mol. The van der Waals surface area contributed by atoms with Gasteiger partial charge in [-0.25, -0.2) is 0 Å². The van der Waals surface area contributed by atoms with Gasteiger partial charge in [-0.15, -0.1) is 0 Å². The summed E-state index contributed by atoms with van der Waals surface area (Å²) in [5.41, 5.74) is 0. The summed E-state index contributed by atoms with van der Waals surface area (Å²) in [4.78, 5) is 0. The topological polar surface area (TPSA) is 20.2 Å². The van der Waals surface area contributed by atoms with Crippen molar-refractivity contribution in [2.75, 3.05) is 0 Å². The Bertz CT molecular complexity index is 245. The minimum Gasteiger partial charge on any atom is -0.392 e. The first-order valence-corrected chi connectivity index (χ1v) is 4.26. The van der Waals surface area contributed by atoms with Crippen molar-refractivity contribution in [3.05, 3.63) is 12.2 Å². The first-order valence-electron chi connectivity index (χ1n) is 4.26. The second-order valence-electron chi connectivity index (χ2n) is 4.34. The van der Waals surface area contributed by atoms with Crippen molar-refractivity contribution in [1.29, 1.82) is 0 Å². The quantitative estimate of drug-likeness (QED) is 0.482. The summed E-state index contributed by atoms with van der Waals surface area (Å²) < 4.78 is 0. The summed E-state index contributed by atoms with van der Waals surface area (Å²) in [7, 11) is 0. The third-order valence-electron chi connectivity index (χ3n) is 4.31. The van der Waals surface area contributed by atoms with E-state index in [-0.39, 0.29) is 6.10 Å². The largest absolute Gasteiger partial charge is 0.392 e. The van der Waals surface area contributed by atoms with E-state index in [2.05, 4.69) is 12.2 Å². The Morgan fingerprint density at radius 3 is 2.30 bits per heavy atom. The highest BCUT2D eigenvalue weighted by Gasteiger charge is 2.79. The first-order chi connectivity index (χ1) is 4.89.